The average molecular weight is 292 g/mol. The van der Waals surface area contributed by atoms with Gasteiger partial charge >= 0.3 is 0 Å². The Bertz CT molecular complexity index is 559. The smallest absolute Gasteiger partial charge is 0.254 e. The predicted octanol–water partition coefficient (Wildman–Crippen LogP) is 0.483. The molecule has 0 saturated carbocycles. The maximum Gasteiger partial charge on any atom is 0.254 e. The summed E-state index contributed by atoms with van der Waals surface area (Å²) in [6.07, 6.45) is 0.835. The van der Waals surface area contributed by atoms with Gasteiger partial charge in [0.05, 0.1) is 0 Å². The molecule has 0 radical (unpaired) electrons. The van der Waals surface area contributed by atoms with Gasteiger partial charge in [-0.25, -0.2) is 4.98 Å². The molecule has 0 atom stereocenters. The van der Waals surface area contributed by atoms with E-state index in [1.807, 2.05) is 11.8 Å². The van der Waals surface area contributed by atoms with Crippen LogP contribution in [0, 0.1) is 13.8 Å². The van der Waals surface area contributed by atoms with Gasteiger partial charge in [-0.3, -0.25) is 9.59 Å². The third-order valence-corrected chi connectivity index (χ3v) is 4.10. The molecule has 0 spiro atoms. The van der Waals surface area contributed by atoms with Crippen LogP contribution in [0.3, 0.4) is 0 Å². The molecule has 1 fully saturated rings. The molecule has 1 aliphatic heterocycles. The molecule has 1 aromatic rings. The third-order valence-electron chi connectivity index (χ3n) is 4.10. The quantitative estimate of drug-likeness (QED) is 0.876. The van der Waals surface area contributed by atoms with Crippen molar-refractivity contribution >= 4 is 5.91 Å². The molecule has 116 valence electrons. The van der Waals surface area contributed by atoms with E-state index < -0.39 is 0 Å². The third kappa shape index (κ3) is 3.91. The van der Waals surface area contributed by atoms with Crippen molar-refractivity contribution in [1.82, 2.24) is 19.8 Å². The Balaban J connectivity index is 1.92. The number of amides is 1. The first-order valence-electron chi connectivity index (χ1n) is 7.57. The van der Waals surface area contributed by atoms with Gasteiger partial charge in [0.25, 0.3) is 5.56 Å². The van der Waals surface area contributed by atoms with E-state index in [4.69, 9.17) is 0 Å². The summed E-state index contributed by atoms with van der Waals surface area (Å²) in [7, 11) is 0. The van der Waals surface area contributed by atoms with Crippen molar-refractivity contribution in [2.75, 3.05) is 32.7 Å². The standard InChI is InChI=1S/C15H24N4O2/c1-4-18-7-9-19(10-8-18)14(20)6-5-13-11(2)16-12(3)17-15(13)21/h4-10H2,1-3H3,(H,16,17,21). The molecule has 1 N–H and O–H groups in total. The molecule has 0 aliphatic carbocycles. The molecule has 2 rings (SSSR count). The number of aryl methyl sites for hydroxylation is 2. The Labute approximate surface area is 125 Å². The molecule has 6 heteroatoms. The number of piperazine rings is 1. The summed E-state index contributed by atoms with van der Waals surface area (Å²) in [5.74, 6) is 0.744. The molecule has 1 amide bonds. The number of hydrogen-bond acceptors (Lipinski definition) is 4. The van der Waals surface area contributed by atoms with Gasteiger partial charge < -0.3 is 14.8 Å². The van der Waals surface area contributed by atoms with Crippen molar-refractivity contribution < 1.29 is 4.79 Å². The van der Waals surface area contributed by atoms with E-state index in [2.05, 4.69) is 21.8 Å². The Kier molecular flexibility index (Phi) is 5.12. The van der Waals surface area contributed by atoms with Crippen LogP contribution in [0.25, 0.3) is 0 Å². The number of carbonyl (C=O) groups excluding carboxylic acids is 1. The maximum absolute atomic E-state index is 12.2. The van der Waals surface area contributed by atoms with Crippen LogP contribution in [0.15, 0.2) is 4.79 Å². The summed E-state index contributed by atoms with van der Waals surface area (Å²) >= 11 is 0. The van der Waals surface area contributed by atoms with Crippen molar-refractivity contribution in [2.45, 2.75) is 33.6 Å². The zero-order valence-electron chi connectivity index (χ0n) is 13.1. The van der Waals surface area contributed by atoms with Gasteiger partial charge in [-0.05, 0) is 26.8 Å². The van der Waals surface area contributed by atoms with E-state index in [0.717, 1.165) is 38.4 Å². The van der Waals surface area contributed by atoms with Crippen LogP contribution < -0.4 is 5.56 Å². The fraction of sp³-hybridized carbons (Fsp3) is 0.667. The fourth-order valence-corrected chi connectivity index (χ4v) is 2.75. The topological polar surface area (TPSA) is 69.3 Å². The summed E-state index contributed by atoms with van der Waals surface area (Å²) in [6, 6.07) is 0. The Morgan fingerprint density at radius 1 is 1.24 bits per heavy atom. The predicted molar refractivity (Wildman–Crippen MR) is 81.3 cm³/mol. The maximum atomic E-state index is 12.2. The van der Waals surface area contributed by atoms with E-state index in [1.165, 1.54) is 0 Å². The molecular formula is C15H24N4O2. The van der Waals surface area contributed by atoms with Gasteiger partial charge in [0, 0.05) is 43.9 Å². The second kappa shape index (κ2) is 6.85. The highest BCUT2D eigenvalue weighted by molar-refractivity contribution is 5.76. The lowest BCUT2D eigenvalue weighted by Gasteiger charge is -2.34. The summed E-state index contributed by atoms with van der Waals surface area (Å²) in [6.45, 7) is 10.2. The van der Waals surface area contributed by atoms with Gasteiger partial charge in [0.15, 0.2) is 0 Å². The van der Waals surface area contributed by atoms with Gasteiger partial charge in [-0.1, -0.05) is 6.92 Å². The van der Waals surface area contributed by atoms with Crippen molar-refractivity contribution in [3.8, 4) is 0 Å². The molecule has 1 aromatic heterocycles. The van der Waals surface area contributed by atoms with E-state index >= 15 is 0 Å². The first kappa shape index (κ1) is 15.7. The minimum Gasteiger partial charge on any atom is -0.340 e. The number of hydrogen-bond donors (Lipinski definition) is 1. The van der Waals surface area contributed by atoms with Crippen LogP contribution in [0.2, 0.25) is 0 Å². The highest BCUT2D eigenvalue weighted by Gasteiger charge is 2.20. The van der Waals surface area contributed by atoms with Gasteiger partial charge in [-0.15, -0.1) is 0 Å². The van der Waals surface area contributed by atoms with Crippen molar-refractivity contribution in [3.05, 3.63) is 27.4 Å². The lowest BCUT2D eigenvalue weighted by atomic mass is 10.1. The molecule has 1 saturated heterocycles. The number of aromatic nitrogens is 2. The molecular weight excluding hydrogens is 268 g/mol. The second-order valence-electron chi connectivity index (χ2n) is 5.53. The number of H-pyrrole nitrogens is 1. The first-order chi connectivity index (χ1) is 10.0. The average Bonchev–Trinajstić information content (AvgIpc) is 2.46. The van der Waals surface area contributed by atoms with Gasteiger partial charge in [0.1, 0.15) is 5.82 Å². The number of rotatable bonds is 4. The Morgan fingerprint density at radius 2 is 1.90 bits per heavy atom. The second-order valence-corrected chi connectivity index (χ2v) is 5.53. The normalized spacial score (nSPS) is 16.2. The first-order valence-corrected chi connectivity index (χ1v) is 7.57. The summed E-state index contributed by atoms with van der Waals surface area (Å²) in [5.41, 5.74) is 1.23. The van der Waals surface area contributed by atoms with Crippen molar-refractivity contribution in [3.63, 3.8) is 0 Å². The molecule has 2 heterocycles. The number of carbonyl (C=O) groups is 1. The number of nitrogens with zero attached hydrogens (tertiary/aromatic N) is 3. The van der Waals surface area contributed by atoms with Crippen molar-refractivity contribution in [2.24, 2.45) is 0 Å². The fourth-order valence-electron chi connectivity index (χ4n) is 2.75. The molecule has 1 aliphatic rings. The highest BCUT2D eigenvalue weighted by atomic mass is 16.2. The van der Waals surface area contributed by atoms with E-state index in [0.29, 0.717) is 24.2 Å². The Morgan fingerprint density at radius 3 is 2.48 bits per heavy atom. The number of likely N-dealkylation sites (N-methyl/N-ethyl adjacent to an activating group) is 1. The molecule has 0 unspecified atom stereocenters. The summed E-state index contributed by atoms with van der Waals surface area (Å²) in [5, 5.41) is 0. The zero-order valence-corrected chi connectivity index (χ0v) is 13.1. The van der Waals surface area contributed by atoms with Gasteiger partial charge in [-0.2, -0.15) is 0 Å². The van der Waals surface area contributed by atoms with Crippen LogP contribution in [-0.4, -0.2) is 58.4 Å². The Hall–Kier alpha value is -1.69. The molecule has 6 nitrogen and oxygen atoms in total. The summed E-state index contributed by atoms with van der Waals surface area (Å²) in [4.78, 5) is 35.3. The number of aromatic amines is 1. The zero-order chi connectivity index (χ0) is 15.4. The molecule has 0 aromatic carbocycles. The van der Waals surface area contributed by atoms with Crippen LogP contribution in [0.5, 0.6) is 0 Å². The SMILES string of the molecule is CCN1CCN(C(=O)CCc2c(C)nc(C)[nH]c2=O)CC1. The van der Waals surface area contributed by atoms with E-state index in [-0.39, 0.29) is 11.5 Å². The van der Waals surface area contributed by atoms with Crippen LogP contribution >= 0.6 is 0 Å². The largest absolute Gasteiger partial charge is 0.340 e. The lowest BCUT2D eigenvalue weighted by Crippen LogP contribution is -2.48. The monoisotopic (exact) mass is 292 g/mol. The van der Waals surface area contributed by atoms with Crippen LogP contribution in [0.1, 0.15) is 30.4 Å². The molecule has 0 bridgehead atoms. The lowest BCUT2D eigenvalue weighted by molar-refractivity contribution is -0.132. The van der Waals surface area contributed by atoms with Crippen LogP contribution in [-0.2, 0) is 11.2 Å². The number of nitrogens with one attached hydrogen (secondary N) is 1. The highest BCUT2D eigenvalue weighted by Crippen LogP contribution is 2.07. The van der Waals surface area contributed by atoms with Crippen LogP contribution in [0.4, 0.5) is 0 Å². The molecule has 21 heavy (non-hydrogen) atoms. The van der Waals surface area contributed by atoms with E-state index in [1.54, 1.807) is 6.92 Å². The van der Waals surface area contributed by atoms with E-state index in [9.17, 15) is 9.59 Å². The minimum absolute atomic E-state index is 0.122. The van der Waals surface area contributed by atoms with Crippen molar-refractivity contribution in [1.29, 1.82) is 0 Å². The van der Waals surface area contributed by atoms with Gasteiger partial charge in [0.2, 0.25) is 5.91 Å². The summed E-state index contributed by atoms with van der Waals surface area (Å²) < 4.78 is 0. The minimum atomic E-state index is -0.122.